The van der Waals surface area contributed by atoms with Crippen molar-refractivity contribution in [1.82, 2.24) is 10.6 Å². The Balaban J connectivity index is 1.77. The molecule has 0 spiro atoms. The zero-order chi connectivity index (χ0) is 15.3. The largest absolute Gasteiger partial charge is 0.393 e. The standard InChI is InChI=1S/C14H23F3N2OS/c15-14(16,17)11-3-1-2-4-12(11)19-13(20)9-21-10-5-7-18-8-6-10/h10-12,18H,1-9H2,(H,19,20). The van der Waals surface area contributed by atoms with E-state index in [9.17, 15) is 18.0 Å². The molecule has 2 atom stereocenters. The van der Waals surface area contributed by atoms with Gasteiger partial charge in [0.2, 0.25) is 5.91 Å². The highest BCUT2D eigenvalue weighted by atomic mass is 32.2. The Morgan fingerprint density at radius 2 is 1.81 bits per heavy atom. The molecular formula is C14H23F3N2OS. The van der Waals surface area contributed by atoms with Gasteiger partial charge >= 0.3 is 6.18 Å². The molecule has 3 nitrogen and oxygen atoms in total. The van der Waals surface area contributed by atoms with Crippen molar-refractivity contribution >= 4 is 17.7 Å². The lowest BCUT2D eigenvalue weighted by Crippen LogP contribution is -2.48. The Bertz CT molecular complexity index is 346. The number of hydrogen-bond acceptors (Lipinski definition) is 3. The van der Waals surface area contributed by atoms with Gasteiger partial charge in [0.05, 0.1) is 11.7 Å². The summed E-state index contributed by atoms with van der Waals surface area (Å²) in [5, 5.41) is 6.32. The molecule has 1 saturated heterocycles. The van der Waals surface area contributed by atoms with E-state index in [2.05, 4.69) is 10.6 Å². The first-order valence-corrected chi connectivity index (χ1v) is 8.70. The third kappa shape index (κ3) is 5.36. The molecule has 2 rings (SSSR count). The second-order valence-corrected chi connectivity index (χ2v) is 7.16. The third-order valence-corrected chi connectivity index (χ3v) is 5.64. The molecule has 21 heavy (non-hydrogen) atoms. The quantitative estimate of drug-likeness (QED) is 0.835. The highest BCUT2D eigenvalue weighted by molar-refractivity contribution is 8.00. The molecule has 1 saturated carbocycles. The molecule has 0 aromatic heterocycles. The van der Waals surface area contributed by atoms with E-state index >= 15 is 0 Å². The SMILES string of the molecule is O=C(CSC1CCNCC1)NC1CCCCC1C(F)(F)F. The van der Waals surface area contributed by atoms with E-state index in [0.717, 1.165) is 32.4 Å². The number of amides is 1. The molecule has 122 valence electrons. The molecule has 7 heteroatoms. The van der Waals surface area contributed by atoms with Gasteiger partial charge in [0.1, 0.15) is 0 Å². The van der Waals surface area contributed by atoms with Gasteiger partial charge in [0, 0.05) is 11.3 Å². The fraction of sp³-hybridized carbons (Fsp3) is 0.929. The van der Waals surface area contributed by atoms with Crippen LogP contribution in [0.1, 0.15) is 38.5 Å². The van der Waals surface area contributed by atoms with Crippen LogP contribution >= 0.6 is 11.8 Å². The number of carbonyl (C=O) groups excluding carboxylic acids is 1. The van der Waals surface area contributed by atoms with Gasteiger partial charge in [-0.3, -0.25) is 4.79 Å². The molecule has 2 aliphatic rings. The van der Waals surface area contributed by atoms with Crippen LogP contribution in [-0.2, 0) is 4.79 Å². The van der Waals surface area contributed by atoms with E-state index in [1.165, 1.54) is 0 Å². The molecular weight excluding hydrogens is 301 g/mol. The Morgan fingerprint density at radius 1 is 1.14 bits per heavy atom. The van der Waals surface area contributed by atoms with Crippen LogP contribution in [0.15, 0.2) is 0 Å². The van der Waals surface area contributed by atoms with Gasteiger partial charge in [-0.05, 0) is 38.8 Å². The van der Waals surface area contributed by atoms with E-state index in [1.54, 1.807) is 11.8 Å². The van der Waals surface area contributed by atoms with Crippen LogP contribution in [0.4, 0.5) is 13.2 Å². The van der Waals surface area contributed by atoms with Crippen molar-refractivity contribution in [2.45, 2.75) is 56.0 Å². The molecule has 2 unspecified atom stereocenters. The molecule has 2 N–H and O–H groups in total. The topological polar surface area (TPSA) is 41.1 Å². The molecule has 0 radical (unpaired) electrons. The Morgan fingerprint density at radius 3 is 2.48 bits per heavy atom. The van der Waals surface area contributed by atoms with Crippen molar-refractivity contribution < 1.29 is 18.0 Å². The predicted molar refractivity (Wildman–Crippen MR) is 78.3 cm³/mol. The fourth-order valence-corrected chi connectivity index (χ4v) is 4.14. The van der Waals surface area contributed by atoms with E-state index < -0.39 is 18.1 Å². The summed E-state index contributed by atoms with van der Waals surface area (Å²) in [7, 11) is 0. The van der Waals surface area contributed by atoms with Crippen molar-refractivity contribution in [2.24, 2.45) is 5.92 Å². The smallest absolute Gasteiger partial charge is 0.352 e. The van der Waals surface area contributed by atoms with Crippen LogP contribution in [-0.4, -0.2) is 42.2 Å². The van der Waals surface area contributed by atoms with Gasteiger partial charge in [-0.25, -0.2) is 0 Å². The van der Waals surface area contributed by atoms with Gasteiger partial charge in [0.15, 0.2) is 0 Å². The van der Waals surface area contributed by atoms with Crippen LogP contribution in [0.5, 0.6) is 0 Å². The van der Waals surface area contributed by atoms with Crippen LogP contribution in [0.25, 0.3) is 0 Å². The zero-order valence-corrected chi connectivity index (χ0v) is 12.9. The normalized spacial score (nSPS) is 28.3. The van der Waals surface area contributed by atoms with Crippen LogP contribution in [0, 0.1) is 5.92 Å². The lowest BCUT2D eigenvalue weighted by Gasteiger charge is -2.33. The second kappa shape index (κ2) is 7.72. The first kappa shape index (κ1) is 16.9. The van der Waals surface area contributed by atoms with E-state index in [0.29, 0.717) is 18.1 Å². The third-order valence-electron chi connectivity index (χ3n) is 4.27. The molecule has 1 aliphatic heterocycles. The molecule has 0 aromatic rings. The summed E-state index contributed by atoms with van der Waals surface area (Å²) in [6.07, 6.45) is -0.233. The number of thioether (sulfide) groups is 1. The van der Waals surface area contributed by atoms with Crippen molar-refractivity contribution in [3.63, 3.8) is 0 Å². The van der Waals surface area contributed by atoms with Gasteiger partial charge < -0.3 is 10.6 Å². The fourth-order valence-electron chi connectivity index (χ4n) is 3.10. The summed E-state index contributed by atoms with van der Waals surface area (Å²) in [6.45, 7) is 1.91. The van der Waals surface area contributed by atoms with Crippen LogP contribution in [0.2, 0.25) is 0 Å². The van der Waals surface area contributed by atoms with Gasteiger partial charge in [0.25, 0.3) is 0 Å². The zero-order valence-electron chi connectivity index (χ0n) is 12.0. The Kier molecular flexibility index (Phi) is 6.22. The summed E-state index contributed by atoms with van der Waals surface area (Å²) in [4.78, 5) is 11.9. The van der Waals surface area contributed by atoms with E-state index in [-0.39, 0.29) is 18.1 Å². The maximum absolute atomic E-state index is 13.0. The van der Waals surface area contributed by atoms with Crippen molar-refractivity contribution in [2.75, 3.05) is 18.8 Å². The lowest BCUT2D eigenvalue weighted by molar-refractivity contribution is -0.189. The molecule has 2 fully saturated rings. The van der Waals surface area contributed by atoms with E-state index in [1.807, 2.05) is 0 Å². The maximum atomic E-state index is 13.0. The molecule has 1 amide bonds. The number of hydrogen-bond donors (Lipinski definition) is 2. The summed E-state index contributed by atoms with van der Waals surface area (Å²) >= 11 is 1.57. The van der Waals surface area contributed by atoms with Crippen LogP contribution < -0.4 is 10.6 Å². The van der Waals surface area contributed by atoms with Gasteiger partial charge in [-0.1, -0.05) is 12.8 Å². The number of nitrogens with one attached hydrogen (secondary N) is 2. The first-order chi connectivity index (χ1) is 9.97. The number of rotatable bonds is 4. The monoisotopic (exact) mass is 324 g/mol. The van der Waals surface area contributed by atoms with Gasteiger partial charge in [-0.2, -0.15) is 13.2 Å². The molecule has 1 aliphatic carbocycles. The highest BCUT2D eigenvalue weighted by Crippen LogP contribution is 2.37. The molecule has 1 heterocycles. The maximum Gasteiger partial charge on any atom is 0.393 e. The summed E-state index contributed by atoms with van der Waals surface area (Å²) < 4.78 is 38.9. The van der Waals surface area contributed by atoms with Crippen molar-refractivity contribution in [1.29, 1.82) is 0 Å². The second-order valence-electron chi connectivity index (χ2n) is 5.87. The number of carbonyl (C=O) groups is 1. The summed E-state index contributed by atoms with van der Waals surface area (Å²) in [5.41, 5.74) is 0. The molecule has 0 aromatic carbocycles. The average molecular weight is 324 g/mol. The predicted octanol–water partition coefficient (Wildman–Crippen LogP) is 2.71. The summed E-state index contributed by atoms with van der Waals surface area (Å²) in [6, 6.07) is -0.736. The average Bonchev–Trinajstić information content (AvgIpc) is 2.46. The van der Waals surface area contributed by atoms with Crippen molar-refractivity contribution in [3.05, 3.63) is 0 Å². The van der Waals surface area contributed by atoms with Crippen molar-refractivity contribution in [3.8, 4) is 0 Å². The number of piperidine rings is 1. The minimum Gasteiger partial charge on any atom is -0.352 e. The lowest BCUT2D eigenvalue weighted by atomic mass is 9.84. The van der Waals surface area contributed by atoms with Crippen LogP contribution in [0.3, 0.4) is 0 Å². The van der Waals surface area contributed by atoms with Gasteiger partial charge in [-0.15, -0.1) is 11.8 Å². The summed E-state index contributed by atoms with van der Waals surface area (Å²) in [5.74, 6) is -1.36. The van der Waals surface area contributed by atoms with E-state index in [4.69, 9.17) is 0 Å². The Labute approximate surface area is 127 Å². The molecule has 0 bridgehead atoms. The minimum atomic E-state index is -4.21. The first-order valence-electron chi connectivity index (χ1n) is 7.65. The number of halogens is 3. The Hall–Kier alpha value is -0.430. The number of alkyl halides is 3. The highest BCUT2D eigenvalue weighted by Gasteiger charge is 2.45. The minimum absolute atomic E-state index is 0.135.